The van der Waals surface area contributed by atoms with Crippen LogP contribution in [0, 0.1) is 0 Å². The first kappa shape index (κ1) is 16.0. The molecule has 0 fully saturated rings. The molecule has 80 valence electrons. The Morgan fingerprint density at radius 1 is 1.23 bits per heavy atom. The Morgan fingerprint density at radius 2 is 1.46 bits per heavy atom. The summed E-state index contributed by atoms with van der Waals surface area (Å²) in [5.74, 6) is -1.95. The number of carbonyl (C=O) groups is 1. The van der Waals surface area contributed by atoms with Crippen LogP contribution in [0.15, 0.2) is 0 Å². The minimum absolute atomic E-state index is 0.967. The number of alkyl halides is 3. The van der Waals surface area contributed by atoms with E-state index in [4.69, 9.17) is 0 Å². The van der Waals surface area contributed by atoms with Gasteiger partial charge in [-0.25, -0.2) is 0 Å². The van der Waals surface area contributed by atoms with Crippen LogP contribution >= 0.6 is 37.0 Å². The van der Waals surface area contributed by atoms with E-state index in [1.165, 1.54) is 0 Å². The smallest absolute Gasteiger partial charge is 0.287 e. The number of halogens is 3. The largest absolute Gasteiger partial charge is 0.452 e. The molecular formula is C6H11F3OS3. The number of rotatable bonds is 1. The van der Waals surface area contributed by atoms with Gasteiger partial charge in [0.1, 0.15) is 4.08 Å². The van der Waals surface area contributed by atoms with Crippen molar-refractivity contribution in [2.75, 3.05) is 12.5 Å². The Morgan fingerprint density at radius 3 is 1.46 bits per heavy atom. The van der Waals surface area contributed by atoms with Gasteiger partial charge in [-0.1, -0.05) is 0 Å². The highest BCUT2D eigenvalue weighted by Gasteiger charge is 2.46. The molecule has 0 amide bonds. The molecule has 0 spiro atoms. The van der Waals surface area contributed by atoms with Crippen LogP contribution in [0.3, 0.4) is 0 Å². The molecule has 13 heavy (non-hydrogen) atoms. The molecule has 1 nitrogen and oxygen atoms in total. The van der Waals surface area contributed by atoms with E-state index < -0.39 is 16.0 Å². The average Bonchev–Trinajstić information content (AvgIpc) is 1.84. The van der Waals surface area contributed by atoms with Crippen molar-refractivity contribution < 1.29 is 18.0 Å². The highest BCUT2D eigenvalue weighted by molar-refractivity contribution is 8.01. The van der Waals surface area contributed by atoms with Gasteiger partial charge in [0, 0.05) is 0 Å². The monoisotopic (exact) mass is 252 g/mol. The fourth-order valence-electron chi connectivity index (χ4n) is 0.269. The zero-order chi connectivity index (χ0) is 11.3. The number of Topliss-reactive ketones (excluding diaryl/α,β-unsaturated/α-hetero) is 1. The van der Waals surface area contributed by atoms with Gasteiger partial charge in [0.25, 0.3) is 5.78 Å². The molecule has 0 saturated carbocycles. The van der Waals surface area contributed by atoms with Crippen LogP contribution in [-0.4, -0.2) is 28.6 Å². The summed E-state index contributed by atoms with van der Waals surface area (Å²) >= 11 is 8.43. The van der Waals surface area contributed by atoms with Crippen LogP contribution in [0.2, 0.25) is 0 Å². The Bertz CT molecular complexity index is 145. The molecule has 0 aromatic rings. The molecule has 0 unspecified atom stereocenters. The second kappa shape index (κ2) is 6.08. The van der Waals surface area contributed by atoms with E-state index >= 15 is 0 Å². The zero-order valence-corrected chi connectivity index (χ0v) is 9.95. The summed E-state index contributed by atoms with van der Waals surface area (Å²) in [6.45, 7) is 0.967. The lowest BCUT2D eigenvalue weighted by Crippen LogP contribution is -2.36. The van der Waals surface area contributed by atoms with Gasteiger partial charge in [-0.15, -0.1) is 0 Å². The molecular weight excluding hydrogens is 241 g/mol. The molecule has 0 atom stereocenters. The van der Waals surface area contributed by atoms with Crippen molar-refractivity contribution in [1.29, 1.82) is 0 Å². The van der Waals surface area contributed by atoms with Crippen LogP contribution in [0.4, 0.5) is 13.2 Å². The molecule has 0 saturated heterocycles. The third kappa shape index (κ3) is 8.83. The number of hydrogen-bond acceptors (Lipinski definition) is 4. The number of hydrogen-bond donors (Lipinski definition) is 2. The SMILES string of the molecule is CC(S)(S)C(=O)C(F)(F)F.CSC. The predicted molar refractivity (Wildman–Crippen MR) is 56.9 cm³/mol. The van der Waals surface area contributed by atoms with Crippen LogP contribution in [0.25, 0.3) is 0 Å². The topological polar surface area (TPSA) is 17.1 Å². The molecule has 0 aromatic heterocycles. The molecule has 0 bridgehead atoms. The van der Waals surface area contributed by atoms with E-state index in [1.54, 1.807) is 11.8 Å². The van der Waals surface area contributed by atoms with E-state index in [1.807, 2.05) is 12.5 Å². The molecule has 0 heterocycles. The lowest BCUT2D eigenvalue weighted by Gasteiger charge is -2.15. The molecule has 0 aromatic carbocycles. The minimum atomic E-state index is -4.85. The molecule has 0 aliphatic heterocycles. The third-order valence-electron chi connectivity index (χ3n) is 0.688. The first-order valence-corrected chi connectivity index (χ1v) is 5.56. The Labute approximate surface area is 90.7 Å². The molecule has 0 aliphatic rings. The van der Waals surface area contributed by atoms with Crippen LogP contribution in [0.1, 0.15) is 6.92 Å². The van der Waals surface area contributed by atoms with Crippen molar-refractivity contribution in [3.05, 3.63) is 0 Å². The summed E-state index contributed by atoms with van der Waals surface area (Å²) in [6, 6.07) is 0. The van der Waals surface area contributed by atoms with E-state index in [9.17, 15) is 18.0 Å². The van der Waals surface area contributed by atoms with E-state index in [0.29, 0.717) is 0 Å². The van der Waals surface area contributed by atoms with Crippen LogP contribution in [-0.2, 0) is 4.79 Å². The summed E-state index contributed by atoms with van der Waals surface area (Å²) in [5.41, 5.74) is 0. The maximum atomic E-state index is 11.5. The standard InChI is InChI=1S/C4H5F3OS2.C2H6S/c1-3(9,10)2(8)4(5,6)7;1-3-2/h9-10H,1H3;1-2H3. The fourth-order valence-corrected chi connectivity index (χ4v) is 0.522. The van der Waals surface area contributed by atoms with Crippen molar-refractivity contribution in [2.24, 2.45) is 0 Å². The number of thioether (sulfide) groups is 1. The summed E-state index contributed by atoms with van der Waals surface area (Å²) in [7, 11) is 0. The van der Waals surface area contributed by atoms with Gasteiger partial charge in [0.15, 0.2) is 0 Å². The number of carbonyl (C=O) groups excluding carboxylic acids is 1. The van der Waals surface area contributed by atoms with E-state index in [0.717, 1.165) is 6.92 Å². The van der Waals surface area contributed by atoms with Gasteiger partial charge in [-0.3, -0.25) is 4.79 Å². The maximum Gasteiger partial charge on any atom is 0.452 e. The van der Waals surface area contributed by atoms with Crippen molar-refractivity contribution >= 4 is 42.8 Å². The quantitative estimate of drug-likeness (QED) is 0.551. The van der Waals surface area contributed by atoms with Gasteiger partial charge in [0.2, 0.25) is 0 Å². The van der Waals surface area contributed by atoms with Gasteiger partial charge < -0.3 is 0 Å². The van der Waals surface area contributed by atoms with E-state index in [-0.39, 0.29) is 0 Å². The molecule has 0 rings (SSSR count). The zero-order valence-electron chi connectivity index (χ0n) is 7.34. The van der Waals surface area contributed by atoms with Gasteiger partial charge >= 0.3 is 6.18 Å². The van der Waals surface area contributed by atoms with Crippen molar-refractivity contribution in [2.45, 2.75) is 17.2 Å². The van der Waals surface area contributed by atoms with Gasteiger partial charge in [0.05, 0.1) is 0 Å². The number of ketones is 1. The van der Waals surface area contributed by atoms with Crippen LogP contribution in [0.5, 0.6) is 0 Å². The van der Waals surface area contributed by atoms with Crippen molar-refractivity contribution in [1.82, 2.24) is 0 Å². The van der Waals surface area contributed by atoms with Gasteiger partial charge in [-0.05, 0) is 19.4 Å². The normalized spacial score (nSPS) is 11.7. The average molecular weight is 252 g/mol. The van der Waals surface area contributed by atoms with Crippen molar-refractivity contribution in [3.63, 3.8) is 0 Å². The molecule has 7 heteroatoms. The highest BCUT2D eigenvalue weighted by atomic mass is 32.2. The molecule has 0 radical (unpaired) electrons. The summed E-state index contributed by atoms with van der Waals surface area (Å²) in [5, 5.41) is 0. The Hall–Kier alpha value is 0.510. The van der Waals surface area contributed by atoms with E-state index in [2.05, 4.69) is 25.3 Å². The fraction of sp³-hybridized carbons (Fsp3) is 0.833. The maximum absolute atomic E-state index is 11.5. The Kier molecular flexibility index (Phi) is 7.46. The lowest BCUT2D eigenvalue weighted by molar-refractivity contribution is -0.170. The summed E-state index contributed by atoms with van der Waals surface area (Å²) in [6.07, 6.45) is -0.766. The van der Waals surface area contributed by atoms with Crippen LogP contribution < -0.4 is 0 Å². The number of thiol groups is 2. The third-order valence-corrected chi connectivity index (χ3v) is 1.09. The second-order valence-electron chi connectivity index (χ2n) is 2.26. The summed E-state index contributed by atoms with van der Waals surface area (Å²) in [4.78, 5) is 10.2. The highest BCUT2D eigenvalue weighted by Crippen LogP contribution is 2.29. The predicted octanol–water partition coefficient (Wildman–Crippen LogP) is 2.67. The summed E-state index contributed by atoms with van der Waals surface area (Å²) < 4.78 is 32.6. The van der Waals surface area contributed by atoms with Crippen molar-refractivity contribution in [3.8, 4) is 0 Å². The van der Waals surface area contributed by atoms with Gasteiger partial charge in [-0.2, -0.15) is 50.2 Å². The molecule has 0 aliphatic carbocycles. The first-order chi connectivity index (χ1) is 5.57. The first-order valence-electron chi connectivity index (χ1n) is 3.03. The second-order valence-corrected chi connectivity index (χ2v) is 5.21. The minimum Gasteiger partial charge on any atom is -0.287 e. The lowest BCUT2D eigenvalue weighted by atomic mass is 10.3. The molecule has 0 N–H and O–H groups in total. The Balaban J connectivity index is 0.